The van der Waals surface area contributed by atoms with Crippen LogP contribution >= 0.6 is 0 Å². The van der Waals surface area contributed by atoms with E-state index in [4.69, 9.17) is 4.74 Å². The number of nitriles is 1. The predicted molar refractivity (Wildman–Crippen MR) is 100 cm³/mol. The number of aromatic nitrogens is 5. The first-order valence-electron chi connectivity index (χ1n) is 8.35. The van der Waals surface area contributed by atoms with Gasteiger partial charge in [-0.1, -0.05) is 6.07 Å². The normalized spacial score (nSPS) is 10.4. The van der Waals surface area contributed by atoms with Crippen molar-refractivity contribution in [3.05, 3.63) is 72.4 Å². The van der Waals surface area contributed by atoms with Crippen LogP contribution in [0.1, 0.15) is 11.4 Å². The average molecular weight is 370 g/mol. The molecule has 0 spiro atoms. The molecule has 28 heavy (non-hydrogen) atoms. The summed E-state index contributed by atoms with van der Waals surface area (Å²) in [6.45, 7) is 1.76. The van der Waals surface area contributed by atoms with E-state index in [0.29, 0.717) is 40.1 Å². The lowest BCUT2D eigenvalue weighted by atomic mass is 10.2. The molecule has 0 unspecified atom stereocenters. The highest BCUT2D eigenvalue weighted by Gasteiger charge is 2.13. The van der Waals surface area contributed by atoms with E-state index in [9.17, 15) is 10.4 Å². The van der Waals surface area contributed by atoms with Gasteiger partial charge in [-0.15, -0.1) is 0 Å². The first kappa shape index (κ1) is 17.2. The summed E-state index contributed by atoms with van der Waals surface area (Å²) in [6, 6.07) is 14.2. The van der Waals surface area contributed by atoms with Crippen molar-refractivity contribution < 1.29 is 9.84 Å². The van der Waals surface area contributed by atoms with Gasteiger partial charge in [0.15, 0.2) is 11.5 Å². The first-order chi connectivity index (χ1) is 13.6. The highest BCUT2D eigenvalue weighted by atomic mass is 16.5. The Balaban J connectivity index is 1.77. The second-order valence-corrected chi connectivity index (χ2v) is 5.89. The zero-order chi connectivity index (χ0) is 19.5. The van der Waals surface area contributed by atoms with Crippen molar-refractivity contribution in [1.29, 1.82) is 5.26 Å². The number of rotatable bonds is 4. The zero-order valence-electron chi connectivity index (χ0n) is 14.8. The average Bonchev–Trinajstić information content (AvgIpc) is 3.14. The zero-order valence-corrected chi connectivity index (χ0v) is 14.8. The Kier molecular flexibility index (Phi) is 4.40. The summed E-state index contributed by atoms with van der Waals surface area (Å²) in [4.78, 5) is 13.0. The van der Waals surface area contributed by atoms with Crippen LogP contribution in [0.5, 0.6) is 17.4 Å². The maximum atomic E-state index is 9.59. The minimum absolute atomic E-state index is 0.0191. The number of ether oxygens (including phenoxy) is 1. The molecule has 0 aliphatic carbocycles. The lowest BCUT2D eigenvalue weighted by molar-refractivity contribution is 0.455. The van der Waals surface area contributed by atoms with Gasteiger partial charge in [0.25, 0.3) is 0 Å². The summed E-state index contributed by atoms with van der Waals surface area (Å²) in [5.41, 5.74) is 2.29. The molecule has 0 amide bonds. The third kappa shape index (κ3) is 3.50. The molecule has 1 N–H and O–H groups in total. The number of nitrogens with zero attached hydrogens (tertiary/aromatic N) is 6. The molecule has 4 rings (SSSR count). The Bertz CT molecular complexity index is 1180. The van der Waals surface area contributed by atoms with Crippen LogP contribution in [0.2, 0.25) is 0 Å². The van der Waals surface area contributed by atoms with Crippen LogP contribution in [0.3, 0.4) is 0 Å². The SMILES string of the molecule is Cc1nc(Oc2cc(C#N)ccc2-n2cc(O)cn2)cc(-c2ccccn2)n1. The molecule has 0 bridgehead atoms. The molecule has 1 aromatic carbocycles. The third-order valence-electron chi connectivity index (χ3n) is 3.86. The van der Waals surface area contributed by atoms with E-state index in [1.165, 1.54) is 17.1 Å². The predicted octanol–water partition coefficient (Wildman–Crippen LogP) is 3.40. The molecule has 3 aromatic heterocycles. The van der Waals surface area contributed by atoms with Gasteiger partial charge >= 0.3 is 0 Å². The fourth-order valence-corrected chi connectivity index (χ4v) is 2.65. The first-order valence-corrected chi connectivity index (χ1v) is 8.35. The maximum absolute atomic E-state index is 9.59. The van der Waals surface area contributed by atoms with E-state index < -0.39 is 0 Å². The largest absolute Gasteiger partial charge is 0.505 e. The molecule has 0 aliphatic heterocycles. The molecule has 0 saturated heterocycles. The second-order valence-electron chi connectivity index (χ2n) is 5.89. The Morgan fingerprint density at radius 3 is 2.71 bits per heavy atom. The van der Waals surface area contributed by atoms with Crippen LogP contribution in [0.15, 0.2) is 61.1 Å². The number of hydrogen-bond acceptors (Lipinski definition) is 7. The Morgan fingerprint density at radius 1 is 1.11 bits per heavy atom. The van der Waals surface area contributed by atoms with Crippen molar-refractivity contribution in [2.45, 2.75) is 6.92 Å². The van der Waals surface area contributed by atoms with E-state index in [0.717, 1.165) is 0 Å². The standard InChI is InChI=1S/C20H14N6O2/c1-13-24-17(16-4-2-3-7-22-16)9-20(25-13)28-19-8-14(10-21)5-6-18(19)26-12-15(27)11-23-26/h2-9,11-12,27H,1H3. The van der Waals surface area contributed by atoms with Crippen LogP contribution < -0.4 is 4.74 Å². The van der Waals surface area contributed by atoms with Crippen molar-refractivity contribution in [3.8, 4) is 40.5 Å². The van der Waals surface area contributed by atoms with Gasteiger partial charge in [0.2, 0.25) is 5.88 Å². The summed E-state index contributed by atoms with van der Waals surface area (Å²) >= 11 is 0. The fraction of sp³-hybridized carbons (Fsp3) is 0.0500. The van der Waals surface area contributed by atoms with E-state index >= 15 is 0 Å². The van der Waals surface area contributed by atoms with Crippen LogP contribution in [-0.4, -0.2) is 29.8 Å². The van der Waals surface area contributed by atoms with Crippen molar-refractivity contribution in [3.63, 3.8) is 0 Å². The number of pyridine rings is 1. The lowest BCUT2D eigenvalue weighted by Gasteiger charge is -2.12. The van der Waals surface area contributed by atoms with Gasteiger partial charge in [-0.05, 0) is 31.2 Å². The molecule has 0 aliphatic rings. The van der Waals surface area contributed by atoms with E-state index in [1.807, 2.05) is 18.2 Å². The molecular weight excluding hydrogens is 356 g/mol. The molecule has 0 radical (unpaired) electrons. The van der Waals surface area contributed by atoms with Crippen molar-refractivity contribution in [2.24, 2.45) is 0 Å². The van der Waals surface area contributed by atoms with Crippen LogP contribution in [-0.2, 0) is 0 Å². The van der Waals surface area contributed by atoms with E-state index in [-0.39, 0.29) is 5.75 Å². The van der Waals surface area contributed by atoms with Crippen molar-refractivity contribution in [2.75, 3.05) is 0 Å². The Morgan fingerprint density at radius 2 is 2.00 bits per heavy atom. The molecule has 8 nitrogen and oxygen atoms in total. The van der Waals surface area contributed by atoms with E-state index in [2.05, 4.69) is 26.1 Å². The summed E-state index contributed by atoms with van der Waals surface area (Å²) in [6.07, 6.45) is 4.45. The molecular formula is C20H14N6O2. The van der Waals surface area contributed by atoms with E-state index in [1.54, 1.807) is 37.4 Å². The van der Waals surface area contributed by atoms with Crippen LogP contribution in [0.4, 0.5) is 0 Å². The summed E-state index contributed by atoms with van der Waals surface area (Å²) in [5, 5.41) is 22.9. The highest BCUT2D eigenvalue weighted by Crippen LogP contribution is 2.30. The number of aryl methyl sites for hydroxylation is 1. The van der Waals surface area contributed by atoms with Gasteiger partial charge in [-0.2, -0.15) is 15.3 Å². The Hall–Kier alpha value is -4.25. The van der Waals surface area contributed by atoms with Gasteiger partial charge < -0.3 is 9.84 Å². The molecule has 0 atom stereocenters. The van der Waals surface area contributed by atoms with Crippen LogP contribution in [0, 0.1) is 18.3 Å². The summed E-state index contributed by atoms with van der Waals surface area (Å²) in [5.74, 6) is 1.21. The maximum Gasteiger partial charge on any atom is 0.223 e. The quantitative estimate of drug-likeness (QED) is 0.586. The number of aromatic hydroxyl groups is 1. The Labute approximate surface area is 160 Å². The van der Waals surface area contributed by atoms with Crippen LogP contribution in [0.25, 0.3) is 17.1 Å². The van der Waals surface area contributed by atoms with Gasteiger partial charge in [0.1, 0.15) is 11.5 Å². The summed E-state index contributed by atoms with van der Waals surface area (Å²) < 4.78 is 7.44. The number of hydrogen-bond donors (Lipinski definition) is 1. The van der Waals surface area contributed by atoms with Gasteiger partial charge in [-0.3, -0.25) is 4.98 Å². The van der Waals surface area contributed by atoms with Crippen molar-refractivity contribution >= 4 is 0 Å². The minimum atomic E-state index is 0.0191. The monoisotopic (exact) mass is 370 g/mol. The smallest absolute Gasteiger partial charge is 0.223 e. The lowest BCUT2D eigenvalue weighted by Crippen LogP contribution is -2.01. The van der Waals surface area contributed by atoms with Gasteiger partial charge in [0, 0.05) is 18.3 Å². The molecule has 0 saturated carbocycles. The second kappa shape index (κ2) is 7.17. The minimum Gasteiger partial charge on any atom is -0.505 e. The summed E-state index contributed by atoms with van der Waals surface area (Å²) in [7, 11) is 0. The molecule has 0 fully saturated rings. The third-order valence-corrected chi connectivity index (χ3v) is 3.86. The molecule has 136 valence electrons. The fourth-order valence-electron chi connectivity index (χ4n) is 2.65. The topological polar surface area (TPSA) is 110 Å². The van der Waals surface area contributed by atoms with Crippen molar-refractivity contribution in [1.82, 2.24) is 24.7 Å². The van der Waals surface area contributed by atoms with Gasteiger partial charge in [0.05, 0.1) is 35.4 Å². The molecule has 3 heterocycles. The highest BCUT2D eigenvalue weighted by molar-refractivity contribution is 5.57. The number of benzene rings is 1. The molecule has 4 aromatic rings. The molecule has 8 heteroatoms. The van der Waals surface area contributed by atoms with Gasteiger partial charge in [-0.25, -0.2) is 9.67 Å².